The van der Waals surface area contributed by atoms with Crippen LogP contribution in [0.15, 0.2) is 71.8 Å². The first kappa shape index (κ1) is 22.9. The van der Waals surface area contributed by atoms with E-state index in [4.69, 9.17) is 15.1 Å². The molecule has 0 bridgehead atoms. The smallest absolute Gasteiger partial charge is 0.150 e. The van der Waals surface area contributed by atoms with Crippen molar-refractivity contribution >= 4 is 27.5 Å². The molecule has 0 spiro atoms. The number of nitrogens with one attached hydrogen (secondary N) is 3. The Morgan fingerprint density at radius 2 is 1.97 bits per heavy atom. The number of hydrogen-bond acceptors (Lipinski definition) is 5. The summed E-state index contributed by atoms with van der Waals surface area (Å²) in [6.07, 6.45) is 7.18. The number of H-pyrrole nitrogens is 2. The van der Waals surface area contributed by atoms with E-state index in [1.165, 1.54) is 6.07 Å². The Hall–Kier alpha value is -4.50. The lowest BCUT2D eigenvalue weighted by atomic mass is 9.98. The highest BCUT2D eigenvalue weighted by Crippen LogP contribution is 2.34. The molecule has 4 heterocycles. The summed E-state index contributed by atoms with van der Waals surface area (Å²) in [4.78, 5) is 7.61. The maximum atomic E-state index is 14.0. The lowest BCUT2D eigenvalue weighted by molar-refractivity contribution is 0.568. The predicted octanol–water partition coefficient (Wildman–Crippen LogP) is 5.93. The summed E-state index contributed by atoms with van der Waals surface area (Å²) in [5.74, 6) is -1.23. The van der Waals surface area contributed by atoms with E-state index in [1.807, 2.05) is 31.2 Å². The molecule has 0 amide bonds. The first-order chi connectivity index (χ1) is 18.0. The van der Waals surface area contributed by atoms with Gasteiger partial charge in [0.25, 0.3) is 0 Å². The third kappa shape index (κ3) is 4.34. The van der Waals surface area contributed by atoms with Gasteiger partial charge in [0.1, 0.15) is 11.6 Å². The molecule has 9 heteroatoms. The van der Waals surface area contributed by atoms with E-state index in [1.54, 1.807) is 24.9 Å². The summed E-state index contributed by atoms with van der Waals surface area (Å²) in [7, 11) is 0. The number of nitrogens with zero attached hydrogens (tertiary/aromatic N) is 2. The molecule has 0 aliphatic heterocycles. The van der Waals surface area contributed by atoms with Gasteiger partial charge >= 0.3 is 0 Å². The maximum absolute atomic E-state index is 14.0. The SMILES string of the molecule is Cc1[nH]nc2ccc(-c3cc(NC[C@@H](N)Cc4c[nH]c5c(F)cc(F)cc45)cnc3-c3ccoc3)cc12. The van der Waals surface area contributed by atoms with Crippen LogP contribution < -0.4 is 11.1 Å². The van der Waals surface area contributed by atoms with Crippen molar-refractivity contribution in [3.8, 4) is 22.4 Å². The first-order valence-electron chi connectivity index (χ1n) is 11.9. The van der Waals surface area contributed by atoms with E-state index in [0.29, 0.717) is 18.4 Å². The van der Waals surface area contributed by atoms with Gasteiger partial charge in [-0.15, -0.1) is 0 Å². The largest absolute Gasteiger partial charge is 0.472 e. The Bertz CT molecular complexity index is 1720. The van der Waals surface area contributed by atoms with Gasteiger partial charge in [0.05, 0.1) is 41.1 Å². The first-order valence-corrected chi connectivity index (χ1v) is 11.9. The number of pyridine rings is 1. The normalized spacial score (nSPS) is 12.4. The van der Waals surface area contributed by atoms with Gasteiger partial charge in [0.15, 0.2) is 0 Å². The van der Waals surface area contributed by atoms with E-state index in [2.05, 4.69) is 26.6 Å². The van der Waals surface area contributed by atoms with Crippen LogP contribution in [0, 0.1) is 18.6 Å². The quantitative estimate of drug-likeness (QED) is 0.218. The molecule has 7 nitrogen and oxygen atoms in total. The second kappa shape index (κ2) is 9.18. The zero-order chi connectivity index (χ0) is 25.5. The Morgan fingerprint density at radius 3 is 2.81 bits per heavy atom. The van der Waals surface area contributed by atoms with Crippen LogP contribution in [0.5, 0.6) is 0 Å². The number of rotatable bonds is 7. The molecule has 37 heavy (non-hydrogen) atoms. The van der Waals surface area contributed by atoms with E-state index in [0.717, 1.165) is 56.3 Å². The summed E-state index contributed by atoms with van der Waals surface area (Å²) in [6.45, 7) is 2.43. The van der Waals surface area contributed by atoms with Crippen molar-refractivity contribution in [1.82, 2.24) is 20.2 Å². The molecule has 0 saturated carbocycles. The van der Waals surface area contributed by atoms with Gasteiger partial charge in [-0.05, 0) is 54.8 Å². The molecule has 0 radical (unpaired) electrons. The van der Waals surface area contributed by atoms with Gasteiger partial charge in [-0.3, -0.25) is 10.1 Å². The van der Waals surface area contributed by atoms with Crippen LogP contribution in [0.3, 0.4) is 0 Å². The number of furan rings is 1. The van der Waals surface area contributed by atoms with Crippen LogP contribution in [-0.4, -0.2) is 32.8 Å². The van der Waals surface area contributed by atoms with Gasteiger partial charge in [-0.1, -0.05) is 6.07 Å². The Morgan fingerprint density at radius 1 is 1.08 bits per heavy atom. The lowest BCUT2D eigenvalue weighted by Gasteiger charge is -2.15. The molecular formula is C28H24F2N6O. The minimum absolute atomic E-state index is 0.282. The summed E-state index contributed by atoms with van der Waals surface area (Å²) in [6, 6.07) is 11.9. The number of fused-ring (bicyclic) bond motifs is 2. The Labute approximate surface area is 210 Å². The molecule has 0 aliphatic rings. The van der Waals surface area contributed by atoms with Crippen LogP contribution in [-0.2, 0) is 6.42 Å². The summed E-state index contributed by atoms with van der Waals surface area (Å²) < 4.78 is 33.1. The summed E-state index contributed by atoms with van der Waals surface area (Å²) in [5, 5.41) is 12.3. The third-order valence-corrected chi connectivity index (χ3v) is 6.58. The van der Waals surface area contributed by atoms with E-state index >= 15 is 0 Å². The zero-order valence-electron chi connectivity index (χ0n) is 20.0. The number of hydrogen-bond donors (Lipinski definition) is 4. The van der Waals surface area contributed by atoms with Crippen LogP contribution in [0.1, 0.15) is 11.3 Å². The van der Waals surface area contributed by atoms with Crippen molar-refractivity contribution in [3.05, 3.63) is 90.3 Å². The molecule has 6 aromatic rings. The Kier molecular flexibility index (Phi) is 5.69. The highest BCUT2D eigenvalue weighted by atomic mass is 19.1. The van der Waals surface area contributed by atoms with Crippen molar-refractivity contribution in [3.63, 3.8) is 0 Å². The van der Waals surface area contributed by atoms with Crippen molar-refractivity contribution in [2.75, 3.05) is 11.9 Å². The molecular weight excluding hydrogens is 474 g/mol. The number of benzene rings is 2. The van der Waals surface area contributed by atoms with E-state index < -0.39 is 11.6 Å². The van der Waals surface area contributed by atoms with E-state index in [9.17, 15) is 8.78 Å². The standard InChI is InChI=1S/C28H24F2N6O/c1-15-22-7-16(2-3-26(22)36-35-15)24-10-21(13-34-27(24)17-4-5-37-14-17)32-12-20(31)6-18-11-33-28-23(18)8-19(29)9-25(28)30/h2-5,7-11,13-14,20,32-33H,6,12,31H2,1H3,(H,35,36)/t20-/m0/s1. The lowest BCUT2D eigenvalue weighted by Crippen LogP contribution is -2.31. The van der Waals surface area contributed by atoms with Gasteiger partial charge in [-0.2, -0.15) is 5.10 Å². The van der Waals surface area contributed by atoms with Crippen LogP contribution >= 0.6 is 0 Å². The average Bonchev–Trinajstić information content (AvgIpc) is 3.64. The zero-order valence-corrected chi connectivity index (χ0v) is 20.0. The number of halogens is 2. The van der Waals surface area contributed by atoms with Crippen molar-refractivity contribution in [2.45, 2.75) is 19.4 Å². The molecule has 186 valence electrons. The van der Waals surface area contributed by atoms with Crippen LogP contribution in [0.2, 0.25) is 0 Å². The minimum atomic E-state index is -0.618. The number of aromatic nitrogens is 4. The highest BCUT2D eigenvalue weighted by molar-refractivity contribution is 5.90. The number of aromatic amines is 2. The average molecular weight is 499 g/mol. The molecule has 6 rings (SSSR count). The second-order valence-corrected chi connectivity index (χ2v) is 9.18. The summed E-state index contributed by atoms with van der Waals surface area (Å²) in [5.41, 5.74) is 13.7. The Balaban J connectivity index is 1.26. The molecule has 2 aromatic carbocycles. The number of nitrogens with two attached hydrogens (primary N) is 1. The number of anilines is 1. The fourth-order valence-electron chi connectivity index (χ4n) is 4.70. The van der Waals surface area contributed by atoms with Crippen LogP contribution in [0.4, 0.5) is 14.5 Å². The van der Waals surface area contributed by atoms with Crippen molar-refractivity contribution < 1.29 is 13.2 Å². The molecule has 5 N–H and O–H groups in total. The van der Waals surface area contributed by atoms with Gasteiger partial charge < -0.3 is 20.5 Å². The maximum Gasteiger partial charge on any atom is 0.150 e. The van der Waals surface area contributed by atoms with E-state index in [-0.39, 0.29) is 11.6 Å². The fraction of sp³-hybridized carbons (Fsp3) is 0.143. The number of aryl methyl sites for hydroxylation is 1. The predicted molar refractivity (Wildman–Crippen MR) is 140 cm³/mol. The minimum Gasteiger partial charge on any atom is -0.472 e. The molecule has 0 fully saturated rings. The van der Waals surface area contributed by atoms with Crippen LogP contribution in [0.25, 0.3) is 44.2 Å². The topological polar surface area (TPSA) is 109 Å². The van der Waals surface area contributed by atoms with Crippen molar-refractivity contribution in [2.24, 2.45) is 5.73 Å². The molecule has 1 atom stereocenters. The van der Waals surface area contributed by atoms with Gasteiger partial charge in [0, 0.05) is 52.4 Å². The van der Waals surface area contributed by atoms with Gasteiger partial charge in [0.2, 0.25) is 0 Å². The monoisotopic (exact) mass is 498 g/mol. The second-order valence-electron chi connectivity index (χ2n) is 9.18. The van der Waals surface area contributed by atoms with Crippen molar-refractivity contribution in [1.29, 1.82) is 0 Å². The molecule has 0 unspecified atom stereocenters. The fourth-order valence-corrected chi connectivity index (χ4v) is 4.70. The van der Waals surface area contributed by atoms with Gasteiger partial charge in [-0.25, -0.2) is 8.78 Å². The molecule has 0 aliphatic carbocycles. The molecule has 4 aromatic heterocycles. The summed E-state index contributed by atoms with van der Waals surface area (Å²) >= 11 is 0. The third-order valence-electron chi connectivity index (χ3n) is 6.58. The molecule has 0 saturated heterocycles. The highest BCUT2D eigenvalue weighted by Gasteiger charge is 2.16.